The highest BCUT2D eigenvalue weighted by Gasteiger charge is 2.30. The number of carbonyl (C=O) groups is 1. The highest BCUT2D eigenvalue weighted by Crippen LogP contribution is 2.30. The van der Waals surface area contributed by atoms with Crippen molar-refractivity contribution in [1.29, 1.82) is 0 Å². The van der Waals surface area contributed by atoms with Crippen molar-refractivity contribution in [1.82, 2.24) is 0 Å². The Hall–Kier alpha value is -1.35. The summed E-state index contributed by atoms with van der Waals surface area (Å²) >= 11 is 0. The van der Waals surface area contributed by atoms with Crippen LogP contribution in [0.4, 0.5) is 0 Å². The number of carboxylic acids is 1. The van der Waals surface area contributed by atoms with Gasteiger partial charge < -0.3 is 10.8 Å². The molecule has 3 nitrogen and oxygen atoms in total. The van der Waals surface area contributed by atoms with E-state index in [0.717, 1.165) is 5.56 Å². The molecule has 1 rings (SSSR count). The summed E-state index contributed by atoms with van der Waals surface area (Å²) in [6, 6.07) is 7.90. The normalized spacial score (nSPS) is 14.2. The van der Waals surface area contributed by atoms with Crippen molar-refractivity contribution >= 4 is 5.97 Å². The minimum absolute atomic E-state index is 0.114. The van der Waals surface area contributed by atoms with E-state index in [4.69, 9.17) is 10.8 Å². The average molecular weight is 263 g/mol. The molecule has 1 atom stereocenters. The van der Waals surface area contributed by atoms with Gasteiger partial charge in [0.1, 0.15) is 0 Å². The second-order valence-electron chi connectivity index (χ2n) is 6.87. The number of aliphatic carboxylic acids is 1. The third kappa shape index (κ3) is 4.06. The van der Waals surface area contributed by atoms with Crippen LogP contribution in [0, 0.1) is 5.41 Å². The maximum atomic E-state index is 11.1. The monoisotopic (exact) mass is 263 g/mol. The molecule has 0 bridgehead atoms. The number of nitrogens with two attached hydrogens (primary N) is 1. The largest absolute Gasteiger partial charge is 0.481 e. The summed E-state index contributed by atoms with van der Waals surface area (Å²) in [6.45, 7) is 9.90. The Morgan fingerprint density at radius 3 is 2.00 bits per heavy atom. The van der Waals surface area contributed by atoms with Gasteiger partial charge in [-0.05, 0) is 36.8 Å². The number of hydrogen-bond acceptors (Lipinski definition) is 2. The Bertz CT molecular complexity index is 441. The third-order valence-electron chi connectivity index (χ3n) is 3.51. The Morgan fingerprint density at radius 1 is 1.16 bits per heavy atom. The lowest BCUT2D eigenvalue weighted by molar-refractivity contribution is -0.147. The van der Waals surface area contributed by atoms with Crippen molar-refractivity contribution in [3.8, 4) is 0 Å². The van der Waals surface area contributed by atoms with Crippen LogP contribution in [0.1, 0.15) is 58.2 Å². The van der Waals surface area contributed by atoms with Gasteiger partial charge in [0.05, 0.1) is 5.41 Å². The number of carboxylic acid groups (broad SMARTS) is 1. The first-order valence-electron chi connectivity index (χ1n) is 6.63. The van der Waals surface area contributed by atoms with E-state index in [0.29, 0.717) is 6.42 Å². The molecule has 0 aliphatic heterocycles. The van der Waals surface area contributed by atoms with Crippen LogP contribution < -0.4 is 5.73 Å². The highest BCUT2D eigenvalue weighted by atomic mass is 16.4. The lowest BCUT2D eigenvalue weighted by Crippen LogP contribution is -2.29. The SMILES string of the molecule is CC(C)(CC(N)c1ccc(C(C)(C)C)cc1)C(=O)O. The van der Waals surface area contributed by atoms with Crippen LogP contribution in [0.25, 0.3) is 0 Å². The molecule has 0 saturated heterocycles. The van der Waals surface area contributed by atoms with E-state index in [1.807, 2.05) is 12.1 Å². The van der Waals surface area contributed by atoms with E-state index in [-0.39, 0.29) is 11.5 Å². The maximum Gasteiger partial charge on any atom is 0.309 e. The molecule has 1 unspecified atom stereocenters. The average Bonchev–Trinajstić information content (AvgIpc) is 2.27. The summed E-state index contributed by atoms with van der Waals surface area (Å²) in [7, 11) is 0. The molecule has 19 heavy (non-hydrogen) atoms. The molecule has 106 valence electrons. The van der Waals surface area contributed by atoms with Crippen LogP contribution in [0.5, 0.6) is 0 Å². The first-order valence-corrected chi connectivity index (χ1v) is 6.63. The van der Waals surface area contributed by atoms with Gasteiger partial charge in [-0.3, -0.25) is 4.79 Å². The summed E-state index contributed by atoms with van der Waals surface area (Å²) in [6.07, 6.45) is 0.428. The second kappa shape index (κ2) is 5.33. The first-order chi connectivity index (χ1) is 8.54. The first kappa shape index (κ1) is 15.7. The summed E-state index contributed by atoms with van der Waals surface area (Å²) in [4.78, 5) is 11.1. The molecule has 0 aromatic heterocycles. The predicted octanol–water partition coefficient (Wildman–Crippen LogP) is 3.48. The number of rotatable bonds is 4. The standard InChI is InChI=1S/C16H25NO2/c1-15(2,3)12-8-6-11(7-9-12)13(17)10-16(4,5)14(18)19/h6-9,13H,10,17H2,1-5H3,(H,18,19). The fraction of sp³-hybridized carbons (Fsp3) is 0.562. The van der Waals surface area contributed by atoms with Gasteiger partial charge in [0.2, 0.25) is 0 Å². The Morgan fingerprint density at radius 2 is 1.63 bits per heavy atom. The molecule has 0 spiro atoms. The molecular formula is C16H25NO2. The van der Waals surface area contributed by atoms with E-state index in [1.165, 1.54) is 5.56 Å². The van der Waals surface area contributed by atoms with Gasteiger partial charge in [0.25, 0.3) is 0 Å². The highest BCUT2D eigenvalue weighted by molar-refractivity contribution is 5.73. The molecule has 3 N–H and O–H groups in total. The van der Waals surface area contributed by atoms with Gasteiger partial charge in [-0.25, -0.2) is 0 Å². The van der Waals surface area contributed by atoms with E-state index >= 15 is 0 Å². The molecular weight excluding hydrogens is 238 g/mol. The van der Waals surface area contributed by atoms with Crippen molar-refractivity contribution in [2.75, 3.05) is 0 Å². The minimum atomic E-state index is -0.811. The zero-order valence-corrected chi connectivity index (χ0v) is 12.5. The Balaban J connectivity index is 2.85. The van der Waals surface area contributed by atoms with Gasteiger partial charge >= 0.3 is 5.97 Å². The summed E-state index contributed by atoms with van der Waals surface area (Å²) in [5.41, 5.74) is 7.66. The van der Waals surface area contributed by atoms with Crippen molar-refractivity contribution in [2.24, 2.45) is 11.1 Å². The van der Waals surface area contributed by atoms with Crippen LogP contribution in [0.2, 0.25) is 0 Å². The lowest BCUT2D eigenvalue weighted by Gasteiger charge is -2.24. The summed E-state index contributed by atoms with van der Waals surface area (Å²) in [5.74, 6) is -0.811. The van der Waals surface area contributed by atoms with Crippen LogP contribution in [-0.4, -0.2) is 11.1 Å². The smallest absolute Gasteiger partial charge is 0.309 e. The Kier molecular flexibility index (Phi) is 4.41. The van der Waals surface area contributed by atoms with Crippen molar-refractivity contribution in [2.45, 2.75) is 52.5 Å². The number of hydrogen-bond donors (Lipinski definition) is 2. The van der Waals surface area contributed by atoms with E-state index < -0.39 is 11.4 Å². The molecule has 1 aromatic rings. The Labute approximate surface area is 115 Å². The third-order valence-corrected chi connectivity index (χ3v) is 3.51. The van der Waals surface area contributed by atoms with Crippen molar-refractivity contribution < 1.29 is 9.90 Å². The van der Waals surface area contributed by atoms with E-state index in [1.54, 1.807) is 13.8 Å². The van der Waals surface area contributed by atoms with Crippen molar-refractivity contribution in [3.63, 3.8) is 0 Å². The van der Waals surface area contributed by atoms with Crippen LogP contribution in [0.15, 0.2) is 24.3 Å². The van der Waals surface area contributed by atoms with Gasteiger partial charge in [-0.1, -0.05) is 45.0 Å². The predicted molar refractivity (Wildman–Crippen MR) is 78.1 cm³/mol. The molecule has 0 aliphatic rings. The topological polar surface area (TPSA) is 63.3 Å². The minimum Gasteiger partial charge on any atom is -0.481 e. The lowest BCUT2D eigenvalue weighted by atomic mass is 9.82. The van der Waals surface area contributed by atoms with Crippen LogP contribution >= 0.6 is 0 Å². The molecule has 0 fully saturated rings. The van der Waals surface area contributed by atoms with Gasteiger partial charge in [0.15, 0.2) is 0 Å². The zero-order chi connectivity index (χ0) is 14.8. The van der Waals surface area contributed by atoms with E-state index in [9.17, 15) is 4.79 Å². The van der Waals surface area contributed by atoms with Gasteiger partial charge in [-0.15, -0.1) is 0 Å². The second-order valence-corrected chi connectivity index (χ2v) is 6.87. The van der Waals surface area contributed by atoms with Crippen LogP contribution in [-0.2, 0) is 10.2 Å². The molecule has 0 saturated carbocycles. The number of benzene rings is 1. The quantitative estimate of drug-likeness (QED) is 0.874. The molecule has 0 radical (unpaired) electrons. The zero-order valence-electron chi connectivity index (χ0n) is 12.5. The molecule has 0 heterocycles. The fourth-order valence-electron chi connectivity index (χ4n) is 1.99. The van der Waals surface area contributed by atoms with Crippen molar-refractivity contribution in [3.05, 3.63) is 35.4 Å². The van der Waals surface area contributed by atoms with E-state index in [2.05, 4.69) is 32.9 Å². The van der Waals surface area contributed by atoms with Crippen LogP contribution in [0.3, 0.4) is 0 Å². The summed E-state index contributed by atoms with van der Waals surface area (Å²) < 4.78 is 0. The molecule has 1 aromatic carbocycles. The molecule has 0 aliphatic carbocycles. The fourth-order valence-corrected chi connectivity index (χ4v) is 1.99. The molecule has 3 heteroatoms. The maximum absolute atomic E-state index is 11.1. The van der Waals surface area contributed by atoms with Gasteiger partial charge in [0, 0.05) is 6.04 Å². The molecule has 0 amide bonds. The summed E-state index contributed by atoms with van der Waals surface area (Å²) in [5, 5.41) is 9.13. The van der Waals surface area contributed by atoms with Gasteiger partial charge in [-0.2, -0.15) is 0 Å².